The van der Waals surface area contributed by atoms with Gasteiger partial charge in [0.25, 0.3) is 0 Å². The van der Waals surface area contributed by atoms with Crippen LogP contribution in [0, 0.1) is 5.92 Å². The van der Waals surface area contributed by atoms with E-state index in [-0.39, 0.29) is 17.9 Å². The first-order valence-electron chi connectivity index (χ1n) is 5.71. The van der Waals surface area contributed by atoms with E-state index in [0.717, 1.165) is 5.56 Å². The summed E-state index contributed by atoms with van der Waals surface area (Å²) in [7, 11) is 3.70. The van der Waals surface area contributed by atoms with Gasteiger partial charge in [-0.3, -0.25) is 9.48 Å². The van der Waals surface area contributed by atoms with Gasteiger partial charge in [0, 0.05) is 31.4 Å². The zero-order chi connectivity index (χ0) is 12.3. The molecule has 2 rings (SSSR count). The van der Waals surface area contributed by atoms with Gasteiger partial charge in [-0.1, -0.05) is 0 Å². The highest BCUT2D eigenvalue weighted by molar-refractivity contribution is 5.79. The molecule has 0 bridgehead atoms. The highest BCUT2D eigenvalue weighted by Gasteiger charge is 2.32. The third-order valence-electron chi connectivity index (χ3n) is 3.01. The van der Waals surface area contributed by atoms with E-state index in [4.69, 9.17) is 4.74 Å². The van der Waals surface area contributed by atoms with Gasteiger partial charge < -0.3 is 15.4 Å². The summed E-state index contributed by atoms with van der Waals surface area (Å²) in [4.78, 5) is 11.9. The predicted molar refractivity (Wildman–Crippen MR) is 62.2 cm³/mol. The maximum atomic E-state index is 11.9. The second kappa shape index (κ2) is 5.29. The Bertz CT molecular complexity index is 391. The molecule has 0 aliphatic carbocycles. The third-order valence-corrected chi connectivity index (χ3v) is 3.01. The molecule has 1 saturated heterocycles. The van der Waals surface area contributed by atoms with E-state index in [1.165, 1.54) is 0 Å². The van der Waals surface area contributed by atoms with Crippen molar-refractivity contribution in [3.8, 4) is 0 Å². The number of carbonyl (C=O) groups excluding carboxylic acids is 1. The topological polar surface area (TPSA) is 68.2 Å². The maximum Gasteiger partial charge on any atom is 0.227 e. The van der Waals surface area contributed by atoms with Crippen molar-refractivity contribution in [2.45, 2.75) is 12.6 Å². The van der Waals surface area contributed by atoms with Crippen molar-refractivity contribution in [1.29, 1.82) is 0 Å². The van der Waals surface area contributed by atoms with Gasteiger partial charge in [-0.2, -0.15) is 5.10 Å². The normalized spacial score (nSPS) is 23.9. The Hall–Kier alpha value is -1.40. The second-order valence-corrected chi connectivity index (χ2v) is 4.28. The van der Waals surface area contributed by atoms with Gasteiger partial charge in [0.15, 0.2) is 0 Å². The van der Waals surface area contributed by atoms with Gasteiger partial charge in [-0.15, -0.1) is 0 Å². The van der Waals surface area contributed by atoms with Gasteiger partial charge in [-0.05, 0) is 7.05 Å². The van der Waals surface area contributed by atoms with Crippen molar-refractivity contribution in [3.05, 3.63) is 18.0 Å². The summed E-state index contributed by atoms with van der Waals surface area (Å²) >= 11 is 0. The van der Waals surface area contributed by atoms with Crippen LogP contribution in [-0.4, -0.2) is 42.0 Å². The lowest BCUT2D eigenvalue weighted by atomic mass is 10.0. The SMILES string of the molecule is CNC1COCC1C(=O)NCc1cnn(C)c1. The lowest BCUT2D eigenvalue weighted by Gasteiger charge is -2.15. The van der Waals surface area contributed by atoms with E-state index in [0.29, 0.717) is 19.8 Å². The highest BCUT2D eigenvalue weighted by Crippen LogP contribution is 2.13. The Morgan fingerprint density at radius 1 is 1.65 bits per heavy atom. The Kier molecular flexibility index (Phi) is 3.75. The summed E-state index contributed by atoms with van der Waals surface area (Å²) in [6.45, 7) is 1.60. The van der Waals surface area contributed by atoms with Crippen molar-refractivity contribution >= 4 is 5.91 Å². The average molecular weight is 238 g/mol. The molecule has 0 aromatic carbocycles. The van der Waals surface area contributed by atoms with Gasteiger partial charge >= 0.3 is 0 Å². The third kappa shape index (κ3) is 2.83. The molecule has 2 unspecified atom stereocenters. The summed E-state index contributed by atoms with van der Waals surface area (Å²) in [6.07, 6.45) is 3.64. The number of carbonyl (C=O) groups is 1. The molecule has 1 aliphatic heterocycles. The molecule has 2 heterocycles. The summed E-state index contributed by atoms with van der Waals surface area (Å²) in [5, 5.41) is 10.1. The molecule has 2 N–H and O–H groups in total. The van der Waals surface area contributed by atoms with Crippen LogP contribution in [-0.2, 0) is 23.1 Å². The molecule has 6 nitrogen and oxygen atoms in total. The number of likely N-dealkylation sites (N-methyl/N-ethyl adjacent to an activating group) is 1. The Balaban J connectivity index is 1.84. The predicted octanol–water partition coefficient (Wildman–Crippen LogP) is -0.729. The van der Waals surface area contributed by atoms with Gasteiger partial charge in [0.05, 0.1) is 25.3 Å². The van der Waals surface area contributed by atoms with Crippen LogP contribution in [0.25, 0.3) is 0 Å². The highest BCUT2D eigenvalue weighted by atomic mass is 16.5. The van der Waals surface area contributed by atoms with Crippen LogP contribution in [0.4, 0.5) is 0 Å². The lowest BCUT2D eigenvalue weighted by molar-refractivity contribution is -0.125. The van der Waals surface area contributed by atoms with E-state index in [1.807, 2.05) is 20.3 Å². The van der Waals surface area contributed by atoms with Crippen LogP contribution in [0.5, 0.6) is 0 Å². The lowest BCUT2D eigenvalue weighted by Crippen LogP contribution is -2.42. The van der Waals surface area contributed by atoms with Crippen LogP contribution >= 0.6 is 0 Å². The smallest absolute Gasteiger partial charge is 0.227 e. The van der Waals surface area contributed by atoms with Crippen molar-refractivity contribution < 1.29 is 9.53 Å². The van der Waals surface area contributed by atoms with E-state index >= 15 is 0 Å². The van der Waals surface area contributed by atoms with E-state index < -0.39 is 0 Å². The number of ether oxygens (including phenoxy) is 1. The molecule has 1 amide bonds. The van der Waals surface area contributed by atoms with Crippen molar-refractivity contribution in [2.75, 3.05) is 20.3 Å². The number of hydrogen-bond acceptors (Lipinski definition) is 4. The van der Waals surface area contributed by atoms with Crippen molar-refractivity contribution in [1.82, 2.24) is 20.4 Å². The number of aryl methyl sites for hydroxylation is 1. The molecular weight excluding hydrogens is 220 g/mol. The number of nitrogens with one attached hydrogen (secondary N) is 2. The molecule has 17 heavy (non-hydrogen) atoms. The van der Waals surface area contributed by atoms with Crippen LogP contribution < -0.4 is 10.6 Å². The minimum Gasteiger partial charge on any atom is -0.379 e. The average Bonchev–Trinajstić information content (AvgIpc) is 2.94. The second-order valence-electron chi connectivity index (χ2n) is 4.28. The van der Waals surface area contributed by atoms with Gasteiger partial charge in [0.2, 0.25) is 5.91 Å². The molecule has 1 aromatic heterocycles. The van der Waals surface area contributed by atoms with E-state index in [9.17, 15) is 4.79 Å². The van der Waals surface area contributed by atoms with Gasteiger partial charge in [0.1, 0.15) is 0 Å². The molecule has 0 spiro atoms. The molecule has 6 heteroatoms. The fourth-order valence-electron chi connectivity index (χ4n) is 1.98. The zero-order valence-corrected chi connectivity index (χ0v) is 10.1. The summed E-state index contributed by atoms with van der Waals surface area (Å²) < 4.78 is 7.02. The number of rotatable bonds is 4. The minimum absolute atomic E-state index is 0.0331. The largest absolute Gasteiger partial charge is 0.379 e. The number of nitrogens with zero attached hydrogens (tertiary/aromatic N) is 2. The molecular formula is C11H18N4O2. The number of hydrogen-bond donors (Lipinski definition) is 2. The quantitative estimate of drug-likeness (QED) is 0.726. The Morgan fingerprint density at radius 3 is 3.12 bits per heavy atom. The first-order valence-corrected chi connectivity index (χ1v) is 5.71. The van der Waals surface area contributed by atoms with Crippen LogP contribution in [0.1, 0.15) is 5.56 Å². The van der Waals surface area contributed by atoms with Crippen LogP contribution in [0.15, 0.2) is 12.4 Å². The zero-order valence-electron chi connectivity index (χ0n) is 10.1. The monoisotopic (exact) mass is 238 g/mol. The number of aromatic nitrogens is 2. The maximum absolute atomic E-state index is 11.9. The Labute approximate surface area is 100 Å². The van der Waals surface area contributed by atoms with Crippen LogP contribution in [0.2, 0.25) is 0 Å². The van der Waals surface area contributed by atoms with Crippen molar-refractivity contribution in [3.63, 3.8) is 0 Å². The van der Waals surface area contributed by atoms with Gasteiger partial charge in [-0.25, -0.2) is 0 Å². The molecule has 0 radical (unpaired) electrons. The van der Waals surface area contributed by atoms with E-state index in [2.05, 4.69) is 15.7 Å². The minimum atomic E-state index is -0.100. The summed E-state index contributed by atoms with van der Waals surface area (Å²) in [5.41, 5.74) is 1.00. The first kappa shape index (κ1) is 12.1. The summed E-state index contributed by atoms with van der Waals surface area (Å²) in [5.74, 6) is -0.0672. The molecule has 1 fully saturated rings. The molecule has 1 aromatic rings. The first-order chi connectivity index (χ1) is 8.20. The molecule has 0 saturated carbocycles. The molecule has 94 valence electrons. The summed E-state index contributed by atoms with van der Waals surface area (Å²) in [6, 6.07) is 0.115. The number of amides is 1. The van der Waals surface area contributed by atoms with Crippen LogP contribution in [0.3, 0.4) is 0 Å². The fourth-order valence-corrected chi connectivity index (χ4v) is 1.98. The molecule has 1 aliphatic rings. The fraction of sp³-hybridized carbons (Fsp3) is 0.636. The van der Waals surface area contributed by atoms with Crippen molar-refractivity contribution in [2.24, 2.45) is 13.0 Å². The molecule has 2 atom stereocenters. The Morgan fingerprint density at radius 2 is 2.47 bits per heavy atom. The standard InChI is InChI=1S/C11H18N4O2/c1-12-10-7-17-6-9(10)11(16)13-3-8-4-14-15(2)5-8/h4-5,9-10,12H,3,6-7H2,1-2H3,(H,13,16). The van der Waals surface area contributed by atoms with E-state index in [1.54, 1.807) is 10.9 Å².